The second-order valence-corrected chi connectivity index (χ2v) is 11.5. The molecule has 210 valence electrons. The quantitative estimate of drug-likeness (QED) is 0.287. The normalized spacial score (nSPS) is 13.1. The van der Waals surface area contributed by atoms with Gasteiger partial charge in [0.15, 0.2) is 0 Å². The van der Waals surface area contributed by atoms with Gasteiger partial charge in [0.1, 0.15) is 17.7 Å². The number of aryl methyl sites for hydroxylation is 2. The Morgan fingerprint density at radius 3 is 2.22 bits per heavy atom. The van der Waals surface area contributed by atoms with E-state index in [9.17, 15) is 14.4 Å². The van der Waals surface area contributed by atoms with Crippen molar-refractivity contribution in [2.24, 2.45) is 5.92 Å². The molecule has 0 aliphatic rings. The molecule has 0 heterocycles. The standard InChI is InChI=1S/C30H51N3O4/c1-10-12-14-17-31-27(34)26(24-20-22(5)15-16-23(24)6)33(18-13-11-2)28(35)25(19-21(3)4)32-29(36)37-30(7,8)9/h15-16,20-21,25-26H,10-14,17-19H2,1-9H3,(H,31,34)(H,32,36). The molecule has 3 amide bonds. The first kappa shape index (κ1) is 32.5. The maximum absolute atomic E-state index is 14.2. The smallest absolute Gasteiger partial charge is 0.408 e. The molecule has 0 radical (unpaired) electrons. The third kappa shape index (κ3) is 11.6. The number of nitrogens with one attached hydrogen (secondary N) is 2. The first-order valence-corrected chi connectivity index (χ1v) is 14.0. The molecule has 0 bridgehead atoms. The van der Waals surface area contributed by atoms with Gasteiger partial charge in [-0.25, -0.2) is 4.79 Å². The molecule has 0 spiro atoms. The molecule has 1 aromatic carbocycles. The lowest BCUT2D eigenvalue weighted by Crippen LogP contribution is -2.53. The molecule has 1 aromatic rings. The largest absolute Gasteiger partial charge is 0.444 e. The maximum atomic E-state index is 14.2. The van der Waals surface area contributed by atoms with Crippen LogP contribution in [0.2, 0.25) is 0 Å². The lowest BCUT2D eigenvalue weighted by molar-refractivity contribution is -0.143. The Morgan fingerprint density at radius 1 is 1.00 bits per heavy atom. The van der Waals surface area contributed by atoms with Crippen LogP contribution in [0.5, 0.6) is 0 Å². The summed E-state index contributed by atoms with van der Waals surface area (Å²) >= 11 is 0. The van der Waals surface area contributed by atoms with Crippen LogP contribution in [0.15, 0.2) is 18.2 Å². The fraction of sp³-hybridized carbons (Fsp3) is 0.700. The monoisotopic (exact) mass is 517 g/mol. The second-order valence-electron chi connectivity index (χ2n) is 11.5. The third-order valence-electron chi connectivity index (χ3n) is 6.10. The Morgan fingerprint density at radius 2 is 1.65 bits per heavy atom. The summed E-state index contributed by atoms with van der Waals surface area (Å²) in [7, 11) is 0. The van der Waals surface area contributed by atoms with Crippen LogP contribution in [0.25, 0.3) is 0 Å². The fourth-order valence-corrected chi connectivity index (χ4v) is 4.23. The number of carbonyl (C=O) groups excluding carboxylic acids is 3. The molecule has 0 aliphatic heterocycles. The van der Waals surface area contributed by atoms with Crippen LogP contribution in [-0.2, 0) is 14.3 Å². The number of hydrogen-bond acceptors (Lipinski definition) is 4. The molecule has 2 unspecified atom stereocenters. The highest BCUT2D eigenvalue weighted by molar-refractivity contribution is 5.92. The van der Waals surface area contributed by atoms with Crippen molar-refractivity contribution in [3.8, 4) is 0 Å². The molecular formula is C30H51N3O4. The molecule has 0 saturated heterocycles. The van der Waals surface area contributed by atoms with Gasteiger partial charge in [-0.1, -0.05) is 70.7 Å². The molecule has 1 rings (SSSR count). The van der Waals surface area contributed by atoms with Crippen LogP contribution in [0.1, 0.15) is 110 Å². The van der Waals surface area contributed by atoms with Gasteiger partial charge in [-0.15, -0.1) is 0 Å². The van der Waals surface area contributed by atoms with Gasteiger partial charge in [0.05, 0.1) is 0 Å². The number of amides is 3. The molecule has 7 heteroatoms. The maximum Gasteiger partial charge on any atom is 0.408 e. The van der Waals surface area contributed by atoms with E-state index in [0.717, 1.165) is 48.8 Å². The first-order valence-electron chi connectivity index (χ1n) is 14.0. The van der Waals surface area contributed by atoms with E-state index in [1.807, 2.05) is 45.9 Å². The number of ether oxygens (including phenoxy) is 1. The zero-order valence-corrected chi connectivity index (χ0v) is 24.7. The van der Waals surface area contributed by atoms with Crippen LogP contribution < -0.4 is 10.6 Å². The predicted molar refractivity (Wildman–Crippen MR) is 150 cm³/mol. The van der Waals surface area contributed by atoms with Crippen LogP contribution >= 0.6 is 0 Å². The van der Waals surface area contributed by atoms with E-state index >= 15 is 0 Å². The average molecular weight is 518 g/mol. The molecule has 0 fully saturated rings. The number of hydrogen-bond donors (Lipinski definition) is 2. The van der Waals surface area contributed by atoms with Crippen LogP contribution in [0.3, 0.4) is 0 Å². The van der Waals surface area contributed by atoms with Gasteiger partial charge in [0.25, 0.3) is 0 Å². The van der Waals surface area contributed by atoms with Crippen molar-refractivity contribution in [1.82, 2.24) is 15.5 Å². The summed E-state index contributed by atoms with van der Waals surface area (Å²) in [5.41, 5.74) is 2.11. The van der Waals surface area contributed by atoms with Gasteiger partial charge >= 0.3 is 6.09 Å². The number of alkyl carbamates (subject to hydrolysis) is 1. The Kier molecular flexibility index (Phi) is 13.7. The average Bonchev–Trinajstić information content (AvgIpc) is 2.78. The zero-order chi connectivity index (χ0) is 28.2. The SMILES string of the molecule is CCCCCNC(=O)C(c1cc(C)ccc1C)N(CCCC)C(=O)C(CC(C)C)NC(=O)OC(C)(C)C. The van der Waals surface area contributed by atoms with E-state index in [1.165, 1.54) is 0 Å². The van der Waals surface area contributed by atoms with Gasteiger partial charge in [-0.05, 0) is 70.9 Å². The highest BCUT2D eigenvalue weighted by Gasteiger charge is 2.36. The van der Waals surface area contributed by atoms with E-state index in [4.69, 9.17) is 4.74 Å². The van der Waals surface area contributed by atoms with E-state index in [-0.39, 0.29) is 17.7 Å². The van der Waals surface area contributed by atoms with Gasteiger partial charge < -0.3 is 20.3 Å². The number of rotatable bonds is 14. The predicted octanol–water partition coefficient (Wildman–Crippen LogP) is 6.22. The minimum Gasteiger partial charge on any atom is -0.444 e. The minimum absolute atomic E-state index is 0.152. The van der Waals surface area contributed by atoms with E-state index in [2.05, 4.69) is 24.5 Å². The summed E-state index contributed by atoms with van der Waals surface area (Å²) in [6.07, 6.45) is 4.41. The fourth-order valence-electron chi connectivity index (χ4n) is 4.23. The Hall–Kier alpha value is -2.57. The van der Waals surface area contributed by atoms with Crippen molar-refractivity contribution >= 4 is 17.9 Å². The van der Waals surface area contributed by atoms with Crippen molar-refractivity contribution in [2.75, 3.05) is 13.1 Å². The third-order valence-corrected chi connectivity index (χ3v) is 6.10. The summed E-state index contributed by atoms with van der Waals surface area (Å²) in [6.45, 7) is 18.5. The highest BCUT2D eigenvalue weighted by atomic mass is 16.6. The second kappa shape index (κ2) is 15.6. The van der Waals surface area contributed by atoms with E-state index in [0.29, 0.717) is 19.5 Å². The molecule has 7 nitrogen and oxygen atoms in total. The summed E-state index contributed by atoms with van der Waals surface area (Å²) in [5.74, 6) is -0.295. The summed E-state index contributed by atoms with van der Waals surface area (Å²) in [5, 5.41) is 5.89. The van der Waals surface area contributed by atoms with Gasteiger partial charge in [0, 0.05) is 13.1 Å². The molecule has 0 aromatic heterocycles. The van der Waals surface area contributed by atoms with Crippen LogP contribution in [-0.4, -0.2) is 47.5 Å². The lowest BCUT2D eigenvalue weighted by atomic mass is 9.95. The highest BCUT2D eigenvalue weighted by Crippen LogP contribution is 2.28. The molecule has 2 N–H and O–H groups in total. The van der Waals surface area contributed by atoms with Crippen molar-refractivity contribution in [1.29, 1.82) is 0 Å². The minimum atomic E-state index is -0.799. The van der Waals surface area contributed by atoms with Gasteiger partial charge in [0.2, 0.25) is 11.8 Å². The van der Waals surface area contributed by atoms with Crippen LogP contribution in [0.4, 0.5) is 4.79 Å². The summed E-state index contributed by atoms with van der Waals surface area (Å²) < 4.78 is 5.46. The van der Waals surface area contributed by atoms with Crippen molar-refractivity contribution < 1.29 is 19.1 Å². The first-order chi connectivity index (χ1) is 17.3. The molecule has 2 atom stereocenters. The number of unbranched alkanes of at least 4 members (excludes halogenated alkanes) is 3. The number of carbonyl (C=O) groups is 3. The van der Waals surface area contributed by atoms with Gasteiger partial charge in [-0.3, -0.25) is 9.59 Å². The Balaban J connectivity index is 3.48. The molecular weight excluding hydrogens is 466 g/mol. The van der Waals surface area contributed by atoms with Crippen molar-refractivity contribution in [3.05, 3.63) is 34.9 Å². The number of nitrogens with zero attached hydrogens (tertiary/aromatic N) is 1. The van der Waals surface area contributed by atoms with Crippen molar-refractivity contribution in [3.63, 3.8) is 0 Å². The molecule has 0 aliphatic carbocycles. The lowest BCUT2D eigenvalue weighted by Gasteiger charge is -2.35. The summed E-state index contributed by atoms with van der Waals surface area (Å²) in [6, 6.07) is 4.42. The zero-order valence-electron chi connectivity index (χ0n) is 24.7. The van der Waals surface area contributed by atoms with E-state index < -0.39 is 23.8 Å². The van der Waals surface area contributed by atoms with Gasteiger partial charge in [-0.2, -0.15) is 0 Å². The molecule has 37 heavy (non-hydrogen) atoms. The molecule has 0 saturated carbocycles. The Bertz CT molecular complexity index is 876. The summed E-state index contributed by atoms with van der Waals surface area (Å²) in [4.78, 5) is 42.2. The van der Waals surface area contributed by atoms with E-state index in [1.54, 1.807) is 25.7 Å². The van der Waals surface area contributed by atoms with Crippen molar-refractivity contribution in [2.45, 2.75) is 119 Å². The topological polar surface area (TPSA) is 87.7 Å². The van der Waals surface area contributed by atoms with Crippen LogP contribution in [0, 0.1) is 19.8 Å². The number of benzene rings is 1. The Labute approximate surface area is 225 Å².